The van der Waals surface area contributed by atoms with Gasteiger partial charge < -0.3 is 20.8 Å². The zero-order valence-corrected chi connectivity index (χ0v) is 40.0. The number of fused-ring (bicyclic) bond motifs is 1. The van der Waals surface area contributed by atoms with Crippen LogP contribution in [-0.4, -0.2) is 56.6 Å². The van der Waals surface area contributed by atoms with Gasteiger partial charge in [-0.2, -0.15) is 10.2 Å². The minimum atomic E-state index is -0.121. The molecule has 0 radical (unpaired) electrons. The number of hydrogen-bond donors (Lipinski definition) is 3. The molecule has 0 aromatic carbocycles. The van der Waals surface area contributed by atoms with E-state index in [-0.39, 0.29) is 11.7 Å². The molecule has 7 rings (SSSR count). The van der Waals surface area contributed by atoms with Gasteiger partial charge in [-0.3, -0.25) is 19.7 Å². The van der Waals surface area contributed by atoms with E-state index in [1.807, 2.05) is 72.9 Å². The molecule has 58 heavy (non-hydrogen) atoms. The third kappa shape index (κ3) is 17.2. The molecule has 0 aliphatic carbocycles. The summed E-state index contributed by atoms with van der Waals surface area (Å²) in [5.74, 6) is 1.82. The van der Waals surface area contributed by atoms with E-state index in [0.29, 0.717) is 36.8 Å². The van der Waals surface area contributed by atoms with Crippen molar-refractivity contribution in [2.24, 2.45) is 10.9 Å². The molecule has 0 bridgehead atoms. The summed E-state index contributed by atoms with van der Waals surface area (Å²) in [4.78, 5) is 31.1. The Balaban J connectivity index is 0.000000197. The number of amides is 1. The summed E-state index contributed by atoms with van der Waals surface area (Å²) in [6, 6.07) is 22.6. The Bertz CT molecular complexity index is 2440. The summed E-state index contributed by atoms with van der Waals surface area (Å²) in [5, 5.41) is 30.1. The molecule has 15 nitrogen and oxygen atoms in total. The lowest BCUT2D eigenvalue weighted by Gasteiger charge is -2.00. The van der Waals surface area contributed by atoms with Gasteiger partial charge in [0.25, 0.3) is 0 Å². The Kier molecular flexibility index (Phi) is 21.3. The molecule has 0 aliphatic rings. The summed E-state index contributed by atoms with van der Waals surface area (Å²) in [6.07, 6.45) is 9.92. The number of nitrogens with one attached hydrogen (secondary N) is 1. The number of rotatable bonds is 6. The topological polar surface area (TPSA) is 219 Å². The summed E-state index contributed by atoms with van der Waals surface area (Å²) in [7, 11) is 0. The first kappa shape index (κ1) is 47.9. The van der Waals surface area contributed by atoms with E-state index in [1.165, 1.54) is 6.92 Å². The van der Waals surface area contributed by atoms with E-state index in [2.05, 4.69) is 141 Å². The monoisotopic (exact) mass is 1170 g/mol. The van der Waals surface area contributed by atoms with Crippen molar-refractivity contribution < 1.29 is 14.5 Å². The van der Waals surface area contributed by atoms with Crippen LogP contribution in [0, 0.1) is 18.3 Å². The zero-order chi connectivity index (χ0) is 42.5. The van der Waals surface area contributed by atoms with Gasteiger partial charge in [-0.25, -0.2) is 9.50 Å². The number of anilines is 1. The molecule has 300 valence electrons. The largest absolute Gasteiger partial charge is 0.409 e. The molecule has 0 saturated carbocycles. The Morgan fingerprint density at radius 3 is 1.86 bits per heavy atom. The quantitative estimate of drug-likeness (QED) is 0.0466. The van der Waals surface area contributed by atoms with Gasteiger partial charge in [0, 0.05) is 68.8 Å². The van der Waals surface area contributed by atoms with Crippen LogP contribution in [0.25, 0.3) is 5.52 Å². The lowest BCUT2D eigenvalue weighted by Crippen LogP contribution is -2.15. The predicted octanol–water partition coefficient (Wildman–Crippen LogP) is 9.83. The highest BCUT2D eigenvalue weighted by Crippen LogP contribution is 2.21. The second-order valence-electron chi connectivity index (χ2n) is 11.0. The van der Waals surface area contributed by atoms with Crippen LogP contribution in [0.2, 0.25) is 0 Å². The number of carbonyl (C=O) groups excluding carboxylic acids is 1. The smallest absolute Gasteiger partial charge is 0.223 e. The zero-order valence-electron chi connectivity index (χ0n) is 30.4. The molecule has 0 saturated heterocycles. The van der Waals surface area contributed by atoms with E-state index >= 15 is 0 Å². The van der Waals surface area contributed by atoms with Gasteiger partial charge in [0.2, 0.25) is 11.8 Å². The SMILES string of the molecule is Brc1cccnc1Br.CC(=O)Nc1cc2c(Br)cccn2n1.Cc1nc(Cc2ncccc2Br)no1.N#CCc1ncccc1Br.N/C(Cc1ncccc1Br)=N\O. The number of nitrogens with zero attached hydrogens (tertiary/aromatic N) is 10. The summed E-state index contributed by atoms with van der Waals surface area (Å²) in [6.45, 7) is 3.23. The van der Waals surface area contributed by atoms with E-state index in [9.17, 15) is 4.79 Å². The number of amidine groups is 1. The molecule has 4 N–H and O–H groups in total. The van der Waals surface area contributed by atoms with Crippen molar-refractivity contribution in [3.05, 3.63) is 153 Å². The van der Waals surface area contributed by atoms with E-state index in [0.717, 1.165) is 49.6 Å². The van der Waals surface area contributed by atoms with Crippen molar-refractivity contribution in [1.29, 1.82) is 5.26 Å². The van der Waals surface area contributed by atoms with Crippen LogP contribution in [0.15, 0.2) is 134 Å². The predicted molar refractivity (Wildman–Crippen MR) is 241 cm³/mol. The fraction of sp³-hybridized carbons (Fsp3) is 0.135. The Hall–Kier alpha value is -4.46. The third-order valence-electron chi connectivity index (χ3n) is 6.59. The van der Waals surface area contributed by atoms with Crippen LogP contribution in [0.3, 0.4) is 0 Å². The number of aryl methyl sites for hydroxylation is 1. The molecular weight excluding hydrogens is 1140 g/mol. The molecule has 1 amide bonds. The Morgan fingerprint density at radius 1 is 0.845 bits per heavy atom. The van der Waals surface area contributed by atoms with Crippen LogP contribution in [0.4, 0.5) is 5.82 Å². The summed E-state index contributed by atoms with van der Waals surface area (Å²) < 4.78 is 12.1. The van der Waals surface area contributed by atoms with Crippen molar-refractivity contribution in [3.63, 3.8) is 0 Å². The number of halogens is 6. The van der Waals surface area contributed by atoms with Gasteiger partial charge in [-0.05, 0) is 156 Å². The maximum Gasteiger partial charge on any atom is 0.223 e. The maximum absolute atomic E-state index is 10.8. The number of hydrogen-bond acceptors (Lipinski definition) is 12. The van der Waals surface area contributed by atoms with Crippen molar-refractivity contribution in [3.8, 4) is 6.07 Å². The van der Waals surface area contributed by atoms with Crippen molar-refractivity contribution in [2.45, 2.75) is 33.1 Å². The van der Waals surface area contributed by atoms with Crippen molar-refractivity contribution in [1.82, 2.24) is 39.7 Å². The van der Waals surface area contributed by atoms with Crippen LogP contribution < -0.4 is 11.1 Å². The molecule has 0 aliphatic heterocycles. The van der Waals surface area contributed by atoms with E-state index in [4.69, 9.17) is 20.7 Å². The normalized spacial score (nSPS) is 10.2. The number of aromatic nitrogens is 8. The van der Waals surface area contributed by atoms with Crippen LogP contribution in [0.1, 0.15) is 35.7 Å². The van der Waals surface area contributed by atoms with E-state index < -0.39 is 0 Å². The first-order chi connectivity index (χ1) is 27.8. The molecular formula is C37H32Br6N12O3. The molecule has 0 fully saturated rings. The highest BCUT2D eigenvalue weighted by atomic mass is 79.9. The molecule has 7 heterocycles. The molecule has 0 atom stereocenters. The number of carbonyl (C=O) groups is 1. The minimum Gasteiger partial charge on any atom is -0.409 e. The fourth-order valence-corrected chi connectivity index (χ4v) is 6.22. The number of nitriles is 1. The molecule has 0 unspecified atom stereocenters. The standard InChI is InChI=1S/2C9H8BrN3O.C7H8BrN3O.C7H5BrN2.C5H3Br2N/c1-6(14)11-9-5-8-7(10)3-2-4-13(8)12-9;1-6-12-9(13-14-6)5-8-7(10)3-2-4-11-8;8-5-2-1-3-10-6(5)4-7(9)11-12;8-6-2-1-5-10-7(6)3-4-9;6-4-2-1-3-8-5(4)7/h2-5H,1H3,(H,11,12,14);2-4H,5H2,1H3;1-3,12H,4H2,(H2,9,11);1-2,5H,3H2;1-3H. The fourth-order valence-electron chi connectivity index (χ4n) is 4.08. The van der Waals surface area contributed by atoms with Crippen molar-refractivity contribution in [2.75, 3.05) is 5.32 Å². The molecule has 0 spiro atoms. The number of oxime groups is 1. The summed E-state index contributed by atoms with van der Waals surface area (Å²) >= 11 is 19.9. The molecule has 7 aromatic rings. The molecule has 21 heteroatoms. The van der Waals surface area contributed by atoms with Gasteiger partial charge in [-0.15, -0.1) is 5.10 Å². The van der Waals surface area contributed by atoms with Gasteiger partial charge in [0.1, 0.15) is 10.4 Å². The summed E-state index contributed by atoms with van der Waals surface area (Å²) in [5.41, 5.74) is 8.70. The minimum absolute atomic E-state index is 0.121. The first-order valence-corrected chi connectivity index (χ1v) is 21.1. The number of nitrogens with two attached hydrogens (primary N) is 1. The lowest BCUT2D eigenvalue weighted by molar-refractivity contribution is -0.114. The van der Waals surface area contributed by atoms with Gasteiger partial charge >= 0.3 is 0 Å². The van der Waals surface area contributed by atoms with Crippen LogP contribution in [0.5, 0.6) is 0 Å². The average Bonchev–Trinajstić information content (AvgIpc) is 3.82. The first-order valence-electron chi connectivity index (χ1n) is 16.4. The highest BCUT2D eigenvalue weighted by molar-refractivity contribution is 9.13. The Morgan fingerprint density at radius 2 is 1.40 bits per heavy atom. The van der Waals surface area contributed by atoms with Gasteiger partial charge in [0.05, 0.1) is 52.4 Å². The lowest BCUT2D eigenvalue weighted by atomic mass is 10.2. The van der Waals surface area contributed by atoms with Gasteiger partial charge in [0.15, 0.2) is 11.6 Å². The Labute approximate surface area is 383 Å². The molecule has 7 aromatic heterocycles. The van der Waals surface area contributed by atoms with Crippen molar-refractivity contribution >= 4 is 119 Å². The van der Waals surface area contributed by atoms with Crippen LogP contribution >= 0.6 is 95.6 Å². The second kappa shape index (κ2) is 25.8. The van der Waals surface area contributed by atoms with Gasteiger partial charge in [-0.1, -0.05) is 10.3 Å². The maximum atomic E-state index is 10.8. The third-order valence-corrected chi connectivity index (χ3v) is 11.2. The number of pyridine rings is 5. The van der Waals surface area contributed by atoms with E-state index in [1.54, 1.807) is 42.3 Å². The highest BCUT2D eigenvalue weighted by Gasteiger charge is 2.08. The second-order valence-corrected chi connectivity index (χ2v) is 16.0. The van der Waals surface area contributed by atoms with Crippen LogP contribution in [-0.2, 0) is 24.1 Å². The average molecular weight is 1170 g/mol.